The fourth-order valence-electron chi connectivity index (χ4n) is 1.71. The number of ether oxygens (including phenoxy) is 1. The number of carbonyl (C=O) groups is 1. The second-order valence-electron chi connectivity index (χ2n) is 4.45. The third kappa shape index (κ3) is 4.67. The summed E-state index contributed by atoms with van der Waals surface area (Å²) in [6.07, 6.45) is 2.84. The topological polar surface area (TPSA) is 52.3 Å². The van der Waals surface area contributed by atoms with Gasteiger partial charge in [-0.15, -0.1) is 0 Å². The van der Waals surface area contributed by atoms with E-state index in [2.05, 4.69) is 0 Å². The molecule has 0 atom stereocenters. The largest absolute Gasteiger partial charge is 0.487 e. The molecule has 0 aliphatic carbocycles. The minimum atomic E-state index is -0.520. The van der Waals surface area contributed by atoms with Crippen molar-refractivity contribution in [3.8, 4) is 5.75 Å². The summed E-state index contributed by atoms with van der Waals surface area (Å²) in [5.41, 5.74) is 6.60. The monoisotopic (exact) mass is 355 g/mol. The molecular formula is C16H12Cl3NO2. The third-order valence-electron chi connectivity index (χ3n) is 2.79. The minimum Gasteiger partial charge on any atom is -0.487 e. The number of rotatable bonds is 5. The van der Waals surface area contributed by atoms with Gasteiger partial charge in [-0.2, -0.15) is 0 Å². The molecule has 0 aliphatic heterocycles. The zero-order chi connectivity index (χ0) is 16.1. The van der Waals surface area contributed by atoms with E-state index < -0.39 is 5.91 Å². The molecule has 2 aromatic rings. The smallest absolute Gasteiger partial charge is 0.241 e. The van der Waals surface area contributed by atoms with E-state index in [1.807, 2.05) is 0 Å². The summed E-state index contributed by atoms with van der Waals surface area (Å²) in [5, 5.41) is 1.53. The van der Waals surface area contributed by atoms with Crippen LogP contribution in [-0.4, -0.2) is 5.91 Å². The highest BCUT2D eigenvalue weighted by Gasteiger charge is 2.06. The Hall–Kier alpha value is -1.68. The van der Waals surface area contributed by atoms with Crippen molar-refractivity contribution in [2.45, 2.75) is 6.61 Å². The second-order valence-corrected chi connectivity index (χ2v) is 5.70. The van der Waals surface area contributed by atoms with Crippen LogP contribution in [0.2, 0.25) is 15.1 Å². The van der Waals surface area contributed by atoms with Crippen LogP contribution in [-0.2, 0) is 11.4 Å². The Kier molecular flexibility index (Phi) is 5.72. The Morgan fingerprint density at radius 1 is 1.09 bits per heavy atom. The Morgan fingerprint density at radius 2 is 1.86 bits per heavy atom. The van der Waals surface area contributed by atoms with Gasteiger partial charge < -0.3 is 10.5 Å². The number of primary amides is 1. The van der Waals surface area contributed by atoms with E-state index in [1.165, 1.54) is 6.08 Å². The van der Waals surface area contributed by atoms with Gasteiger partial charge in [-0.05, 0) is 35.9 Å². The minimum absolute atomic E-state index is 0.270. The van der Waals surface area contributed by atoms with E-state index in [9.17, 15) is 4.79 Å². The molecule has 0 bridgehead atoms. The molecule has 0 fully saturated rings. The van der Waals surface area contributed by atoms with E-state index in [-0.39, 0.29) is 6.61 Å². The lowest BCUT2D eigenvalue weighted by molar-refractivity contribution is -0.113. The maximum absolute atomic E-state index is 10.7. The predicted molar refractivity (Wildman–Crippen MR) is 90.5 cm³/mol. The maximum Gasteiger partial charge on any atom is 0.241 e. The van der Waals surface area contributed by atoms with Crippen molar-refractivity contribution in [3.05, 3.63) is 68.7 Å². The number of amides is 1. The molecule has 0 saturated heterocycles. The molecule has 0 spiro atoms. The van der Waals surface area contributed by atoms with Crippen LogP contribution in [0.1, 0.15) is 11.1 Å². The Labute approximate surface area is 143 Å². The molecule has 0 radical (unpaired) electrons. The summed E-state index contributed by atoms with van der Waals surface area (Å²) in [6.45, 7) is 0.270. The molecule has 1 amide bonds. The first-order chi connectivity index (χ1) is 10.5. The van der Waals surface area contributed by atoms with Crippen molar-refractivity contribution >= 4 is 46.8 Å². The highest BCUT2D eigenvalue weighted by molar-refractivity contribution is 6.35. The van der Waals surface area contributed by atoms with Crippen LogP contribution in [0.25, 0.3) is 6.08 Å². The van der Waals surface area contributed by atoms with Crippen molar-refractivity contribution in [1.82, 2.24) is 0 Å². The van der Waals surface area contributed by atoms with Crippen LogP contribution in [0.3, 0.4) is 0 Å². The van der Waals surface area contributed by atoms with Crippen LogP contribution in [0.15, 0.2) is 42.5 Å². The average Bonchev–Trinajstić information content (AvgIpc) is 2.45. The number of carbonyl (C=O) groups excluding carboxylic acids is 1. The fraction of sp³-hybridized carbons (Fsp3) is 0.0625. The van der Waals surface area contributed by atoms with Crippen LogP contribution in [0, 0.1) is 0 Å². The van der Waals surface area contributed by atoms with E-state index in [0.29, 0.717) is 20.8 Å². The summed E-state index contributed by atoms with van der Waals surface area (Å²) in [6, 6.07) is 10.4. The van der Waals surface area contributed by atoms with Gasteiger partial charge in [0.05, 0.1) is 5.02 Å². The Balaban J connectivity index is 2.08. The van der Waals surface area contributed by atoms with E-state index in [0.717, 1.165) is 11.1 Å². The molecule has 2 aromatic carbocycles. The SMILES string of the molecule is NC(=O)/C=C/c1ccc(OCc2ccc(Cl)cc2Cl)c(Cl)c1. The van der Waals surface area contributed by atoms with Gasteiger partial charge in [-0.3, -0.25) is 4.79 Å². The lowest BCUT2D eigenvalue weighted by Crippen LogP contribution is -2.05. The molecule has 0 saturated carbocycles. The number of halogens is 3. The summed E-state index contributed by atoms with van der Waals surface area (Å²) in [7, 11) is 0. The highest BCUT2D eigenvalue weighted by Crippen LogP contribution is 2.28. The molecule has 2 N–H and O–H groups in total. The average molecular weight is 357 g/mol. The number of hydrogen-bond acceptors (Lipinski definition) is 2. The van der Waals surface area contributed by atoms with Crippen molar-refractivity contribution in [2.75, 3.05) is 0 Å². The lowest BCUT2D eigenvalue weighted by atomic mass is 10.2. The van der Waals surface area contributed by atoms with Gasteiger partial charge in [-0.1, -0.05) is 46.9 Å². The number of hydrogen-bond donors (Lipinski definition) is 1. The first-order valence-corrected chi connectivity index (χ1v) is 7.43. The predicted octanol–water partition coefficient (Wildman–Crippen LogP) is 4.72. The van der Waals surface area contributed by atoms with Gasteiger partial charge in [0.15, 0.2) is 0 Å². The molecule has 0 heterocycles. The molecule has 0 aromatic heterocycles. The first kappa shape index (κ1) is 16.7. The Morgan fingerprint density at radius 3 is 2.50 bits per heavy atom. The second kappa shape index (κ2) is 7.54. The zero-order valence-electron chi connectivity index (χ0n) is 11.4. The molecule has 6 heteroatoms. The zero-order valence-corrected chi connectivity index (χ0v) is 13.6. The van der Waals surface area contributed by atoms with Crippen LogP contribution in [0.5, 0.6) is 5.75 Å². The van der Waals surface area contributed by atoms with Gasteiger partial charge in [0, 0.05) is 21.7 Å². The highest BCUT2D eigenvalue weighted by atomic mass is 35.5. The van der Waals surface area contributed by atoms with Crippen LogP contribution >= 0.6 is 34.8 Å². The summed E-state index contributed by atoms with van der Waals surface area (Å²) in [5.74, 6) is -0.00209. The normalized spacial score (nSPS) is 10.9. The van der Waals surface area contributed by atoms with Crippen molar-refractivity contribution < 1.29 is 9.53 Å². The molecular weight excluding hydrogens is 345 g/mol. The summed E-state index contributed by atoms with van der Waals surface area (Å²) in [4.78, 5) is 10.7. The van der Waals surface area contributed by atoms with Crippen LogP contribution in [0.4, 0.5) is 0 Å². The van der Waals surface area contributed by atoms with Gasteiger partial charge in [-0.25, -0.2) is 0 Å². The van der Waals surface area contributed by atoms with E-state index >= 15 is 0 Å². The van der Waals surface area contributed by atoms with Gasteiger partial charge in [0.1, 0.15) is 12.4 Å². The first-order valence-electron chi connectivity index (χ1n) is 6.29. The molecule has 0 unspecified atom stereocenters. The molecule has 3 nitrogen and oxygen atoms in total. The Bertz CT molecular complexity index is 729. The van der Waals surface area contributed by atoms with E-state index in [4.69, 9.17) is 45.3 Å². The molecule has 22 heavy (non-hydrogen) atoms. The van der Waals surface area contributed by atoms with E-state index in [1.54, 1.807) is 42.5 Å². The van der Waals surface area contributed by atoms with Crippen molar-refractivity contribution in [3.63, 3.8) is 0 Å². The number of nitrogens with two attached hydrogens (primary N) is 1. The summed E-state index contributed by atoms with van der Waals surface area (Å²) < 4.78 is 5.65. The molecule has 2 rings (SSSR count). The van der Waals surface area contributed by atoms with Gasteiger partial charge in [0.2, 0.25) is 5.91 Å². The molecule has 114 valence electrons. The van der Waals surface area contributed by atoms with Crippen molar-refractivity contribution in [1.29, 1.82) is 0 Å². The van der Waals surface area contributed by atoms with Crippen LogP contribution < -0.4 is 10.5 Å². The van der Waals surface area contributed by atoms with Gasteiger partial charge in [0.25, 0.3) is 0 Å². The van der Waals surface area contributed by atoms with Crippen molar-refractivity contribution in [2.24, 2.45) is 5.73 Å². The number of benzene rings is 2. The maximum atomic E-state index is 10.7. The third-order valence-corrected chi connectivity index (χ3v) is 3.68. The standard InChI is InChI=1S/C16H12Cl3NO2/c17-12-4-3-11(13(18)8-12)9-22-15-5-1-10(7-14(15)19)2-6-16(20)21/h1-8H,9H2,(H2,20,21)/b6-2+. The summed E-state index contributed by atoms with van der Waals surface area (Å²) >= 11 is 18.1. The quantitative estimate of drug-likeness (QED) is 0.788. The lowest BCUT2D eigenvalue weighted by Gasteiger charge is -2.10. The molecule has 0 aliphatic rings. The fourth-order valence-corrected chi connectivity index (χ4v) is 2.42. The van der Waals surface area contributed by atoms with Gasteiger partial charge >= 0.3 is 0 Å².